The van der Waals surface area contributed by atoms with Crippen molar-refractivity contribution in [1.82, 2.24) is 4.98 Å². The van der Waals surface area contributed by atoms with Crippen molar-refractivity contribution >= 4 is 20.7 Å². The van der Waals surface area contributed by atoms with E-state index in [-0.39, 0.29) is 10.3 Å². The van der Waals surface area contributed by atoms with Crippen LogP contribution in [0.3, 0.4) is 0 Å². The first kappa shape index (κ1) is 23.7. The molecule has 34 heavy (non-hydrogen) atoms. The lowest BCUT2D eigenvalue weighted by molar-refractivity contribution is -0.606. The molecule has 9 heteroatoms. The molecule has 0 spiro atoms. The molecular formula is C25H21F3N2O3S. The number of alkyl halides is 3. The average molecular weight is 487 g/mol. The van der Waals surface area contributed by atoms with E-state index in [0.717, 1.165) is 17.6 Å². The smallest absolute Gasteiger partial charge is 0.422 e. The van der Waals surface area contributed by atoms with Gasteiger partial charge in [-0.3, -0.25) is 4.98 Å². The number of rotatable bonds is 4. The predicted octanol–water partition coefficient (Wildman–Crippen LogP) is 5.50. The maximum Gasteiger partial charge on any atom is 0.422 e. The third-order valence-corrected chi connectivity index (χ3v) is 8.09. The third-order valence-electron chi connectivity index (χ3n) is 6.00. The van der Waals surface area contributed by atoms with Crippen molar-refractivity contribution in [2.45, 2.75) is 24.8 Å². The minimum Gasteiger partial charge on any atom is -0.619 e. The molecule has 0 fully saturated rings. The zero-order valence-corrected chi connectivity index (χ0v) is 19.4. The standard InChI is InChI=1S/C25H21F3N2O3S/c1-24(2,34(3,32)33)20-11-18-8-5-9-29-23(18)22(13-20)17-7-4-6-16(10-17)19-12-21(25(26,27)28)15-30(31)14-19/h4-15H,1-3H3. The Kier molecular flexibility index (Phi) is 5.64. The lowest BCUT2D eigenvalue weighted by Crippen LogP contribution is -2.28. The Labute approximate surface area is 195 Å². The van der Waals surface area contributed by atoms with E-state index in [1.807, 2.05) is 6.07 Å². The summed E-state index contributed by atoms with van der Waals surface area (Å²) in [6.45, 7) is 3.24. The molecule has 0 aliphatic rings. The third kappa shape index (κ3) is 4.35. The number of aromatic nitrogens is 2. The minimum absolute atomic E-state index is 0.108. The van der Waals surface area contributed by atoms with Crippen molar-refractivity contribution in [2.24, 2.45) is 0 Å². The fraction of sp³-hybridized carbons (Fsp3) is 0.200. The van der Waals surface area contributed by atoms with Gasteiger partial charge in [0.1, 0.15) is 5.56 Å². The van der Waals surface area contributed by atoms with Crippen molar-refractivity contribution in [3.8, 4) is 22.3 Å². The summed E-state index contributed by atoms with van der Waals surface area (Å²) < 4.78 is 63.6. The maximum atomic E-state index is 13.2. The summed E-state index contributed by atoms with van der Waals surface area (Å²) in [5.74, 6) is 0. The van der Waals surface area contributed by atoms with Gasteiger partial charge in [0, 0.05) is 29.0 Å². The number of halogens is 3. The van der Waals surface area contributed by atoms with E-state index in [1.54, 1.807) is 62.5 Å². The zero-order chi connectivity index (χ0) is 24.9. The number of nitrogens with zero attached hydrogens (tertiary/aromatic N) is 2. The van der Waals surface area contributed by atoms with Gasteiger partial charge in [-0.15, -0.1) is 0 Å². The Morgan fingerprint density at radius 2 is 1.59 bits per heavy atom. The highest BCUT2D eigenvalue weighted by Gasteiger charge is 2.34. The highest BCUT2D eigenvalue weighted by Crippen LogP contribution is 2.38. The van der Waals surface area contributed by atoms with Crippen molar-refractivity contribution in [2.75, 3.05) is 6.26 Å². The first-order valence-electron chi connectivity index (χ1n) is 10.3. The van der Waals surface area contributed by atoms with Crippen LogP contribution in [-0.4, -0.2) is 19.7 Å². The first-order valence-corrected chi connectivity index (χ1v) is 12.2. The van der Waals surface area contributed by atoms with Crippen LogP contribution in [0, 0.1) is 5.21 Å². The molecule has 0 radical (unpaired) electrons. The Morgan fingerprint density at radius 1 is 0.882 bits per heavy atom. The summed E-state index contributed by atoms with van der Waals surface area (Å²) in [6, 6.07) is 14.7. The number of sulfone groups is 1. The van der Waals surface area contributed by atoms with Crippen molar-refractivity contribution in [1.29, 1.82) is 0 Å². The van der Waals surface area contributed by atoms with Crippen LogP contribution in [-0.2, 0) is 20.8 Å². The molecule has 0 saturated heterocycles. The normalized spacial score (nSPS) is 12.8. The monoisotopic (exact) mass is 486 g/mol. The second-order valence-corrected chi connectivity index (χ2v) is 11.2. The van der Waals surface area contributed by atoms with Gasteiger partial charge >= 0.3 is 6.18 Å². The van der Waals surface area contributed by atoms with Crippen LogP contribution in [0.25, 0.3) is 33.2 Å². The molecule has 0 saturated carbocycles. The fourth-order valence-corrected chi connectivity index (χ4v) is 4.25. The maximum absolute atomic E-state index is 13.2. The summed E-state index contributed by atoms with van der Waals surface area (Å²) in [4.78, 5) is 4.45. The van der Waals surface area contributed by atoms with Gasteiger partial charge in [0.25, 0.3) is 0 Å². The van der Waals surface area contributed by atoms with E-state index in [4.69, 9.17) is 0 Å². The van der Waals surface area contributed by atoms with Gasteiger partial charge in [-0.2, -0.15) is 17.9 Å². The van der Waals surface area contributed by atoms with Crippen LogP contribution in [0.1, 0.15) is 25.0 Å². The van der Waals surface area contributed by atoms with E-state index < -0.39 is 26.3 Å². The lowest BCUT2D eigenvalue weighted by atomic mass is 9.92. The molecule has 0 unspecified atom stereocenters. The molecule has 0 aliphatic heterocycles. The molecule has 5 nitrogen and oxygen atoms in total. The minimum atomic E-state index is -4.66. The van der Waals surface area contributed by atoms with E-state index in [2.05, 4.69) is 4.98 Å². The van der Waals surface area contributed by atoms with Gasteiger partial charge < -0.3 is 5.21 Å². The quantitative estimate of drug-likeness (QED) is 0.282. The Hall–Kier alpha value is -3.46. The van der Waals surface area contributed by atoms with Crippen LogP contribution in [0.4, 0.5) is 13.2 Å². The van der Waals surface area contributed by atoms with Crippen molar-refractivity contribution in [3.63, 3.8) is 0 Å². The summed E-state index contributed by atoms with van der Waals surface area (Å²) in [5.41, 5.74) is 1.91. The molecule has 4 rings (SSSR count). The molecule has 0 bridgehead atoms. The fourth-order valence-electron chi connectivity index (χ4n) is 3.71. The molecule has 4 aromatic rings. The van der Waals surface area contributed by atoms with Gasteiger partial charge in [0.15, 0.2) is 22.2 Å². The van der Waals surface area contributed by atoms with E-state index in [9.17, 15) is 26.8 Å². The first-order chi connectivity index (χ1) is 15.8. The number of hydrogen-bond acceptors (Lipinski definition) is 4. The van der Waals surface area contributed by atoms with Gasteiger partial charge in [0.05, 0.1) is 10.3 Å². The predicted molar refractivity (Wildman–Crippen MR) is 124 cm³/mol. The summed E-state index contributed by atoms with van der Waals surface area (Å²) in [7, 11) is -3.46. The Morgan fingerprint density at radius 3 is 2.26 bits per heavy atom. The molecule has 0 atom stereocenters. The van der Waals surface area contributed by atoms with Gasteiger partial charge in [0.2, 0.25) is 0 Å². The Balaban J connectivity index is 1.94. The van der Waals surface area contributed by atoms with Gasteiger partial charge in [-0.1, -0.05) is 24.3 Å². The van der Waals surface area contributed by atoms with Crippen LogP contribution in [0.15, 0.2) is 73.2 Å². The van der Waals surface area contributed by atoms with E-state index in [0.29, 0.717) is 34.0 Å². The molecule has 0 N–H and O–H groups in total. The number of fused-ring (bicyclic) bond motifs is 1. The molecular weight excluding hydrogens is 465 g/mol. The number of pyridine rings is 2. The second-order valence-electron chi connectivity index (χ2n) is 8.63. The average Bonchev–Trinajstić information content (AvgIpc) is 2.76. The zero-order valence-electron chi connectivity index (χ0n) is 18.6. The van der Waals surface area contributed by atoms with Crippen LogP contribution in [0.5, 0.6) is 0 Å². The summed E-state index contributed by atoms with van der Waals surface area (Å²) in [5, 5.41) is 12.6. The largest absolute Gasteiger partial charge is 0.619 e. The van der Waals surface area contributed by atoms with Crippen LogP contribution < -0.4 is 4.73 Å². The lowest BCUT2D eigenvalue weighted by Gasteiger charge is -2.24. The second kappa shape index (κ2) is 8.09. The van der Waals surface area contributed by atoms with Crippen molar-refractivity contribution in [3.05, 3.63) is 89.5 Å². The van der Waals surface area contributed by atoms with E-state index in [1.165, 1.54) is 6.26 Å². The highest BCUT2D eigenvalue weighted by molar-refractivity contribution is 7.91. The molecule has 2 heterocycles. The van der Waals surface area contributed by atoms with Gasteiger partial charge in [-0.25, -0.2) is 8.42 Å². The molecule has 2 aromatic heterocycles. The molecule has 0 amide bonds. The van der Waals surface area contributed by atoms with Crippen LogP contribution >= 0.6 is 0 Å². The number of hydrogen-bond donors (Lipinski definition) is 0. The topological polar surface area (TPSA) is 74.0 Å². The highest BCUT2D eigenvalue weighted by atomic mass is 32.2. The van der Waals surface area contributed by atoms with Gasteiger partial charge in [-0.05, 0) is 60.9 Å². The SMILES string of the molecule is CC(C)(c1cc(-c2cccc(-c3cc(C(F)(F)F)c[n+]([O-])c3)c2)c2ncccc2c1)S(C)(=O)=O. The molecule has 2 aromatic carbocycles. The number of benzene rings is 2. The van der Waals surface area contributed by atoms with Crippen LogP contribution in [0.2, 0.25) is 0 Å². The van der Waals surface area contributed by atoms with E-state index >= 15 is 0 Å². The summed E-state index contributed by atoms with van der Waals surface area (Å²) in [6.07, 6.45) is -0.308. The van der Waals surface area contributed by atoms with Crippen molar-refractivity contribution < 1.29 is 26.3 Å². The molecule has 176 valence electrons. The summed E-state index contributed by atoms with van der Waals surface area (Å²) >= 11 is 0. The Bertz CT molecular complexity index is 1510. The molecule has 0 aliphatic carbocycles.